The topological polar surface area (TPSA) is 43.8 Å². The second-order valence-corrected chi connectivity index (χ2v) is 4.87. The molecule has 1 rings (SSSR count). The van der Waals surface area contributed by atoms with Gasteiger partial charge < -0.3 is 10.0 Å². The molecular formula is C12H24N2O2. The van der Waals surface area contributed by atoms with Crippen LogP contribution in [-0.4, -0.2) is 60.6 Å². The Morgan fingerprint density at radius 1 is 1.19 bits per heavy atom. The minimum Gasteiger partial charge on any atom is -0.481 e. The van der Waals surface area contributed by atoms with E-state index in [1.165, 1.54) is 0 Å². The molecule has 0 aromatic rings. The Kier molecular flexibility index (Phi) is 4.74. The summed E-state index contributed by atoms with van der Waals surface area (Å²) in [5.41, 5.74) is -0.546. The Balaban J connectivity index is 2.58. The van der Waals surface area contributed by atoms with Crippen molar-refractivity contribution in [3.63, 3.8) is 0 Å². The summed E-state index contributed by atoms with van der Waals surface area (Å²) in [7, 11) is 2.11. The number of hydrogen-bond acceptors (Lipinski definition) is 3. The van der Waals surface area contributed by atoms with E-state index in [0.717, 1.165) is 26.2 Å². The van der Waals surface area contributed by atoms with Crippen LogP contribution in [0.5, 0.6) is 0 Å². The second-order valence-electron chi connectivity index (χ2n) is 4.87. The molecule has 94 valence electrons. The van der Waals surface area contributed by atoms with Crippen molar-refractivity contribution in [2.75, 3.05) is 39.8 Å². The molecule has 0 aromatic heterocycles. The molecule has 1 heterocycles. The first-order valence-electron chi connectivity index (χ1n) is 6.18. The van der Waals surface area contributed by atoms with Gasteiger partial charge in [-0.05, 0) is 19.9 Å². The van der Waals surface area contributed by atoms with Gasteiger partial charge in [0.25, 0.3) is 0 Å². The predicted octanol–water partition coefficient (Wildman–Crippen LogP) is 1.12. The number of piperazine rings is 1. The lowest BCUT2D eigenvalue weighted by Gasteiger charge is -2.38. The number of aliphatic carboxylic acids is 1. The molecule has 4 heteroatoms. The smallest absolute Gasteiger partial charge is 0.310 e. The van der Waals surface area contributed by atoms with Gasteiger partial charge in [-0.15, -0.1) is 0 Å². The molecule has 16 heavy (non-hydrogen) atoms. The average molecular weight is 228 g/mol. The van der Waals surface area contributed by atoms with E-state index in [9.17, 15) is 9.90 Å². The van der Waals surface area contributed by atoms with Crippen molar-refractivity contribution in [3.8, 4) is 0 Å². The number of carbonyl (C=O) groups is 1. The van der Waals surface area contributed by atoms with Gasteiger partial charge in [0.2, 0.25) is 0 Å². The number of nitrogens with zero attached hydrogens (tertiary/aromatic N) is 2. The first-order valence-corrected chi connectivity index (χ1v) is 6.18. The van der Waals surface area contributed by atoms with Gasteiger partial charge in [-0.2, -0.15) is 0 Å². The van der Waals surface area contributed by atoms with Gasteiger partial charge in [0, 0.05) is 32.7 Å². The number of carboxylic acid groups (broad SMARTS) is 1. The van der Waals surface area contributed by atoms with Crippen molar-refractivity contribution < 1.29 is 9.90 Å². The molecule has 4 nitrogen and oxygen atoms in total. The quantitative estimate of drug-likeness (QED) is 0.766. The molecule has 0 spiro atoms. The van der Waals surface area contributed by atoms with Gasteiger partial charge in [-0.1, -0.05) is 13.8 Å². The van der Waals surface area contributed by atoms with E-state index in [0.29, 0.717) is 19.4 Å². The van der Waals surface area contributed by atoms with Crippen LogP contribution in [0.1, 0.15) is 26.7 Å². The molecule has 0 atom stereocenters. The lowest BCUT2D eigenvalue weighted by atomic mass is 9.81. The maximum Gasteiger partial charge on any atom is 0.310 e. The Labute approximate surface area is 98.2 Å². The minimum absolute atomic E-state index is 0.546. The molecular weight excluding hydrogens is 204 g/mol. The van der Waals surface area contributed by atoms with E-state index in [1.54, 1.807) is 0 Å². The fourth-order valence-corrected chi connectivity index (χ4v) is 2.28. The summed E-state index contributed by atoms with van der Waals surface area (Å²) in [6.45, 7) is 8.73. The Bertz CT molecular complexity index is 231. The fourth-order valence-electron chi connectivity index (χ4n) is 2.28. The second kappa shape index (κ2) is 5.64. The van der Waals surface area contributed by atoms with Crippen LogP contribution in [0.3, 0.4) is 0 Å². The fraction of sp³-hybridized carbons (Fsp3) is 0.917. The molecule has 0 radical (unpaired) electrons. The van der Waals surface area contributed by atoms with Crippen LogP contribution in [-0.2, 0) is 4.79 Å². The molecule has 1 N–H and O–H groups in total. The summed E-state index contributed by atoms with van der Waals surface area (Å²) < 4.78 is 0. The van der Waals surface area contributed by atoms with Crippen LogP contribution in [0.4, 0.5) is 0 Å². The zero-order valence-electron chi connectivity index (χ0n) is 10.7. The van der Waals surface area contributed by atoms with Crippen LogP contribution in [0.25, 0.3) is 0 Å². The Morgan fingerprint density at radius 2 is 1.69 bits per heavy atom. The minimum atomic E-state index is -0.642. The van der Waals surface area contributed by atoms with Gasteiger partial charge in [-0.3, -0.25) is 9.69 Å². The summed E-state index contributed by atoms with van der Waals surface area (Å²) in [5.74, 6) is -0.642. The number of hydrogen-bond donors (Lipinski definition) is 1. The van der Waals surface area contributed by atoms with Crippen LogP contribution >= 0.6 is 0 Å². The SMILES string of the molecule is CCC(CC)(CN1CCN(C)CC1)C(=O)O. The zero-order valence-corrected chi connectivity index (χ0v) is 10.7. The van der Waals surface area contributed by atoms with Crippen LogP contribution < -0.4 is 0 Å². The maximum atomic E-state index is 11.4. The number of rotatable bonds is 5. The summed E-state index contributed by atoms with van der Waals surface area (Å²) >= 11 is 0. The van der Waals surface area contributed by atoms with E-state index in [2.05, 4.69) is 16.8 Å². The number of carboxylic acids is 1. The van der Waals surface area contributed by atoms with Crippen molar-refractivity contribution in [1.82, 2.24) is 9.80 Å². The van der Waals surface area contributed by atoms with E-state index in [1.807, 2.05) is 13.8 Å². The third-order valence-corrected chi connectivity index (χ3v) is 3.93. The van der Waals surface area contributed by atoms with Crippen LogP contribution in [0.15, 0.2) is 0 Å². The van der Waals surface area contributed by atoms with Crippen molar-refractivity contribution in [2.24, 2.45) is 5.41 Å². The van der Waals surface area contributed by atoms with E-state index >= 15 is 0 Å². The van der Waals surface area contributed by atoms with E-state index < -0.39 is 11.4 Å². The molecule has 1 aliphatic heterocycles. The molecule has 1 fully saturated rings. The third-order valence-electron chi connectivity index (χ3n) is 3.93. The average Bonchev–Trinajstić information content (AvgIpc) is 2.28. The van der Waals surface area contributed by atoms with Crippen molar-refractivity contribution in [3.05, 3.63) is 0 Å². The highest BCUT2D eigenvalue weighted by Gasteiger charge is 2.37. The molecule has 1 aliphatic rings. The van der Waals surface area contributed by atoms with Crippen molar-refractivity contribution >= 4 is 5.97 Å². The lowest BCUT2D eigenvalue weighted by Crippen LogP contribution is -2.50. The standard InChI is InChI=1S/C12H24N2O2/c1-4-12(5-2,11(15)16)10-14-8-6-13(3)7-9-14/h4-10H2,1-3H3,(H,15,16). The van der Waals surface area contributed by atoms with Crippen LogP contribution in [0, 0.1) is 5.41 Å². The van der Waals surface area contributed by atoms with Gasteiger partial charge in [0.15, 0.2) is 0 Å². The van der Waals surface area contributed by atoms with Crippen LogP contribution in [0.2, 0.25) is 0 Å². The van der Waals surface area contributed by atoms with E-state index in [-0.39, 0.29) is 0 Å². The largest absolute Gasteiger partial charge is 0.481 e. The Hall–Kier alpha value is -0.610. The highest BCUT2D eigenvalue weighted by molar-refractivity contribution is 5.74. The third kappa shape index (κ3) is 2.95. The molecule has 0 saturated carbocycles. The highest BCUT2D eigenvalue weighted by atomic mass is 16.4. The summed E-state index contributed by atoms with van der Waals surface area (Å²) in [4.78, 5) is 16.0. The van der Waals surface area contributed by atoms with Gasteiger partial charge >= 0.3 is 5.97 Å². The first kappa shape index (κ1) is 13.5. The highest BCUT2D eigenvalue weighted by Crippen LogP contribution is 2.28. The molecule has 0 aliphatic carbocycles. The van der Waals surface area contributed by atoms with Gasteiger partial charge in [-0.25, -0.2) is 0 Å². The molecule has 1 saturated heterocycles. The summed E-state index contributed by atoms with van der Waals surface area (Å²) in [5, 5.41) is 9.37. The van der Waals surface area contributed by atoms with E-state index in [4.69, 9.17) is 0 Å². The molecule has 0 aromatic carbocycles. The van der Waals surface area contributed by atoms with Crippen molar-refractivity contribution in [2.45, 2.75) is 26.7 Å². The number of likely N-dealkylation sites (N-methyl/N-ethyl adjacent to an activating group) is 1. The zero-order chi connectivity index (χ0) is 12.2. The summed E-state index contributed by atoms with van der Waals surface area (Å²) in [6.07, 6.45) is 1.43. The summed E-state index contributed by atoms with van der Waals surface area (Å²) in [6, 6.07) is 0. The maximum absolute atomic E-state index is 11.4. The lowest BCUT2D eigenvalue weighted by molar-refractivity contribution is -0.151. The van der Waals surface area contributed by atoms with Crippen molar-refractivity contribution in [1.29, 1.82) is 0 Å². The normalized spacial score (nSPS) is 19.9. The molecule has 0 bridgehead atoms. The first-order chi connectivity index (χ1) is 7.54. The molecule has 0 unspecified atom stereocenters. The molecule has 0 amide bonds. The Morgan fingerprint density at radius 3 is 2.06 bits per heavy atom. The predicted molar refractivity (Wildman–Crippen MR) is 64.6 cm³/mol. The van der Waals surface area contributed by atoms with Gasteiger partial charge in [0.05, 0.1) is 5.41 Å². The monoisotopic (exact) mass is 228 g/mol. The van der Waals surface area contributed by atoms with Gasteiger partial charge in [0.1, 0.15) is 0 Å².